The van der Waals surface area contributed by atoms with Gasteiger partial charge in [-0.25, -0.2) is 13.2 Å². The van der Waals surface area contributed by atoms with E-state index in [4.69, 9.17) is 4.74 Å². The molecular formula is C25H20F4O. The van der Waals surface area contributed by atoms with E-state index in [-0.39, 0.29) is 29.0 Å². The Morgan fingerprint density at radius 3 is 2.23 bits per heavy atom. The molecule has 3 aromatic carbocycles. The zero-order valence-electron chi connectivity index (χ0n) is 16.4. The molecular weight excluding hydrogens is 392 g/mol. The first-order valence-corrected chi connectivity index (χ1v) is 9.37. The second-order valence-corrected chi connectivity index (χ2v) is 6.72. The highest BCUT2D eigenvalue weighted by Crippen LogP contribution is 2.30. The lowest BCUT2D eigenvalue weighted by Gasteiger charge is -2.10. The molecule has 0 N–H and O–H groups in total. The zero-order chi connectivity index (χ0) is 21.7. The van der Waals surface area contributed by atoms with Crippen molar-refractivity contribution < 1.29 is 22.3 Å². The van der Waals surface area contributed by atoms with Gasteiger partial charge >= 0.3 is 0 Å². The molecule has 0 unspecified atom stereocenters. The summed E-state index contributed by atoms with van der Waals surface area (Å²) in [5.74, 6) is -3.97. The van der Waals surface area contributed by atoms with E-state index in [1.165, 1.54) is 37.3 Å². The number of rotatable bonds is 7. The van der Waals surface area contributed by atoms with Gasteiger partial charge < -0.3 is 4.74 Å². The molecule has 0 atom stereocenters. The van der Waals surface area contributed by atoms with Crippen LogP contribution in [0.5, 0.6) is 5.75 Å². The number of hydrogen-bond donors (Lipinski definition) is 0. The molecule has 0 aliphatic carbocycles. The number of aryl methyl sites for hydroxylation is 1. The van der Waals surface area contributed by atoms with Crippen molar-refractivity contribution in [3.63, 3.8) is 0 Å². The molecule has 5 heteroatoms. The van der Waals surface area contributed by atoms with Crippen LogP contribution in [0.1, 0.15) is 23.1 Å². The summed E-state index contributed by atoms with van der Waals surface area (Å²) >= 11 is 0. The van der Waals surface area contributed by atoms with Gasteiger partial charge in [-0.3, -0.25) is 0 Å². The molecule has 0 saturated heterocycles. The van der Waals surface area contributed by atoms with Crippen molar-refractivity contribution in [2.24, 2.45) is 0 Å². The summed E-state index contributed by atoms with van der Waals surface area (Å²) in [5, 5.41) is 0. The minimum absolute atomic E-state index is 0.103. The van der Waals surface area contributed by atoms with Crippen molar-refractivity contribution >= 4 is 12.2 Å². The van der Waals surface area contributed by atoms with Gasteiger partial charge in [-0.15, -0.1) is 6.58 Å². The first kappa shape index (κ1) is 21.4. The maximum absolute atomic E-state index is 14.5. The predicted octanol–water partition coefficient (Wildman–Crippen LogP) is 7.34. The molecule has 0 heterocycles. The standard InChI is InChI=1S/C25H20F4O/c1-3-4-15-30-21-14-13-20(24(28)25(21)29)18-10-6-17(7-11-18)8-12-19-9-5-16(2)22(26)23(19)27/h3,5-14H,1,4,15H2,2H3/b12-8+. The molecule has 30 heavy (non-hydrogen) atoms. The molecule has 3 rings (SSSR count). The maximum atomic E-state index is 14.5. The molecule has 3 aromatic rings. The summed E-state index contributed by atoms with van der Waals surface area (Å²) in [7, 11) is 0. The largest absolute Gasteiger partial charge is 0.490 e. The Labute approximate surface area is 172 Å². The lowest BCUT2D eigenvalue weighted by atomic mass is 10.0. The highest BCUT2D eigenvalue weighted by atomic mass is 19.2. The molecule has 0 aromatic heterocycles. The summed E-state index contributed by atoms with van der Waals surface area (Å²) in [6.45, 7) is 5.25. The third kappa shape index (κ3) is 4.62. The third-order valence-electron chi connectivity index (χ3n) is 4.61. The van der Waals surface area contributed by atoms with Crippen LogP contribution in [0, 0.1) is 30.2 Å². The molecule has 0 amide bonds. The normalized spacial score (nSPS) is 11.1. The summed E-state index contributed by atoms with van der Waals surface area (Å²) in [4.78, 5) is 0. The van der Waals surface area contributed by atoms with Crippen LogP contribution < -0.4 is 4.74 Å². The van der Waals surface area contributed by atoms with Gasteiger partial charge in [0.2, 0.25) is 5.82 Å². The second kappa shape index (κ2) is 9.44. The third-order valence-corrected chi connectivity index (χ3v) is 4.61. The maximum Gasteiger partial charge on any atom is 0.201 e. The van der Waals surface area contributed by atoms with Crippen LogP contribution in [0.15, 0.2) is 61.2 Å². The van der Waals surface area contributed by atoms with Crippen LogP contribution in [-0.2, 0) is 0 Å². The molecule has 0 bridgehead atoms. The summed E-state index contributed by atoms with van der Waals surface area (Å²) in [6.07, 6.45) is 5.23. The number of benzene rings is 3. The van der Waals surface area contributed by atoms with Gasteiger partial charge in [-0.2, -0.15) is 4.39 Å². The molecule has 0 aliphatic rings. The number of halogens is 4. The van der Waals surface area contributed by atoms with Crippen molar-refractivity contribution in [2.45, 2.75) is 13.3 Å². The fourth-order valence-electron chi connectivity index (χ4n) is 2.87. The Hall–Kier alpha value is -3.34. The van der Waals surface area contributed by atoms with Gasteiger partial charge in [-0.05, 0) is 42.2 Å². The summed E-state index contributed by atoms with van der Waals surface area (Å²) < 4.78 is 61.5. The van der Waals surface area contributed by atoms with E-state index in [1.807, 2.05) is 0 Å². The Morgan fingerprint density at radius 2 is 1.53 bits per heavy atom. The minimum Gasteiger partial charge on any atom is -0.490 e. The first-order valence-electron chi connectivity index (χ1n) is 9.37. The van der Waals surface area contributed by atoms with E-state index in [2.05, 4.69) is 6.58 Å². The van der Waals surface area contributed by atoms with E-state index in [1.54, 1.807) is 36.4 Å². The molecule has 154 valence electrons. The second-order valence-electron chi connectivity index (χ2n) is 6.72. The van der Waals surface area contributed by atoms with E-state index in [0.29, 0.717) is 17.5 Å². The average molecular weight is 412 g/mol. The van der Waals surface area contributed by atoms with Crippen molar-refractivity contribution in [3.8, 4) is 16.9 Å². The topological polar surface area (TPSA) is 9.23 Å². The summed E-state index contributed by atoms with van der Waals surface area (Å²) in [5.41, 5.74) is 1.65. The van der Waals surface area contributed by atoms with E-state index < -0.39 is 23.3 Å². The molecule has 0 spiro atoms. The van der Waals surface area contributed by atoms with Crippen molar-refractivity contribution in [2.75, 3.05) is 6.61 Å². The molecule has 0 saturated carbocycles. The lowest BCUT2D eigenvalue weighted by Crippen LogP contribution is -2.00. The molecule has 0 radical (unpaired) electrons. The Balaban J connectivity index is 1.80. The van der Waals surface area contributed by atoms with Crippen LogP contribution in [0.4, 0.5) is 17.6 Å². The highest BCUT2D eigenvalue weighted by molar-refractivity contribution is 5.73. The van der Waals surface area contributed by atoms with Gasteiger partial charge in [0.1, 0.15) is 0 Å². The van der Waals surface area contributed by atoms with Gasteiger partial charge in [0.15, 0.2) is 23.2 Å². The zero-order valence-corrected chi connectivity index (χ0v) is 16.4. The van der Waals surface area contributed by atoms with Crippen molar-refractivity contribution in [1.29, 1.82) is 0 Å². The van der Waals surface area contributed by atoms with Gasteiger partial charge in [0.05, 0.1) is 6.61 Å². The Morgan fingerprint density at radius 1 is 0.800 bits per heavy atom. The molecule has 1 nitrogen and oxygen atoms in total. The van der Waals surface area contributed by atoms with Crippen molar-refractivity contribution in [3.05, 3.63) is 101 Å². The minimum atomic E-state index is -1.04. The summed E-state index contributed by atoms with van der Waals surface area (Å²) in [6, 6.07) is 12.5. The predicted molar refractivity (Wildman–Crippen MR) is 112 cm³/mol. The Kier molecular flexibility index (Phi) is 6.72. The van der Waals surface area contributed by atoms with Crippen LogP contribution >= 0.6 is 0 Å². The Bertz CT molecular complexity index is 1090. The highest BCUT2D eigenvalue weighted by Gasteiger charge is 2.15. The quantitative estimate of drug-likeness (QED) is 0.171. The SMILES string of the molecule is C=CCCOc1ccc(-c2ccc(/C=C/c3ccc(C)c(F)c3F)cc2)c(F)c1F. The van der Waals surface area contributed by atoms with Crippen LogP contribution in [-0.4, -0.2) is 6.61 Å². The first-order chi connectivity index (χ1) is 14.4. The fraction of sp³-hybridized carbons (Fsp3) is 0.120. The molecule has 0 fully saturated rings. The monoisotopic (exact) mass is 412 g/mol. The van der Waals surface area contributed by atoms with Crippen molar-refractivity contribution in [1.82, 2.24) is 0 Å². The van der Waals surface area contributed by atoms with Gasteiger partial charge in [0.25, 0.3) is 0 Å². The lowest BCUT2D eigenvalue weighted by molar-refractivity contribution is 0.302. The smallest absolute Gasteiger partial charge is 0.201 e. The van der Waals surface area contributed by atoms with Gasteiger partial charge in [0, 0.05) is 11.1 Å². The van der Waals surface area contributed by atoms with Crippen LogP contribution in [0.2, 0.25) is 0 Å². The number of hydrogen-bond acceptors (Lipinski definition) is 1. The van der Waals surface area contributed by atoms with E-state index in [0.717, 1.165) is 0 Å². The van der Waals surface area contributed by atoms with Crippen LogP contribution in [0.25, 0.3) is 23.3 Å². The fourth-order valence-corrected chi connectivity index (χ4v) is 2.87. The molecule has 0 aliphatic heterocycles. The van der Waals surface area contributed by atoms with Gasteiger partial charge in [-0.1, -0.05) is 54.6 Å². The van der Waals surface area contributed by atoms with E-state index >= 15 is 0 Å². The van der Waals surface area contributed by atoms with Crippen LogP contribution in [0.3, 0.4) is 0 Å². The number of ether oxygens (including phenoxy) is 1. The van der Waals surface area contributed by atoms with E-state index in [9.17, 15) is 17.6 Å². The average Bonchev–Trinajstić information content (AvgIpc) is 2.75.